The molecule has 6 nitrogen and oxygen atoms in total. The summed E-state index contributed by atoms with van der Waals surface area (Å²) in [6.07, 6.45) is 1.75. The van der Waals surface area contributed by atoms with Crippen LogP contribution in [0.2, 0.25) is 5.02 Å². The number of amides is 1. The molecule has 2 aromatic heterocycles. The number of thioether (sulfide) groups is 1. The monoisotopic (exact) mass is 374 g/mol. The number of hydrogen-bond acceptors (Lipinski definition) is 6. The van der Waals surface area contributed by atoms with Gasteiger partial charge in [-0.1, -0.05) is 58.9 Å². The van der Waals surface area contributed by atoms with Gasteiger partial charge in [-0.2, -0.15) is 4.98 Å². The maximum atomic E-state index is 12.0. The van der Waals surface area contributed by atoms with Gasteiger partial charge in [-0.25, -0.2) is 4.98 Å². The van der Waals surface area contributed by atoms with Crippen LogP contribution in [-0.2, 0) is 23.5 Å². The maximum Gasteiger partial charge on any atom is 0.237 e. The molecule has 0 fully saturated rings. The van der Waals surface area contributed by atoms with Crippen molar-refractivity contribution in [1.29, 1.82) is 0 Å². The van der Waals surface area contributed by atoms with Crippen LogP contribution in [0.25, 0.3) is 0 Å². The topological polar surface area (TPSA) is 80.9 Å². The molecular weight excluding hydrogens is 360 g/mol. The van der Waals surface area contributed by atoms with E-state index in [0.717, 1.165) is 5.56 Å². The van der Waals surface area contributed by atoms with E-state index in [-0.39, 0.29) is 12.3 Å². The normalized spacial score (nSPS) is 10.6. The van der Waals surface area contributed by atoms with Gasteiger partial charge < -0.3 is 9.84 Å². The van der Waals surface area contributed by atoms with E-state index in [2.05, 4.69) is 20.4 Å². The quantitative estimate of drug-likeness (QED) is 0.639. The van der Waals surface area contributed by atoms with Crippen LogP contribution in [0.4, 0.5) is 0 Å². The zero-order valence-electron chi connectivity index (χ0n) is 13.2. The molecule has 0 aliphatic rings. The lowest BCUT2D eigenvalue weighted by molar-refractivity contribution is -0.120. The van der Waals surface area contributed by atoms with E-state index in [4.69, 9.17) is 16.1 Å². The second-order valence-electron chi connectivity index (χ2n) is 5.12. The van der Waals surface area contributed by atoms with Gasteiger partial charge in [-0.3, -0.25) is 4.79 Å². The van der Waals surface area contributed by atoms with Crippen LogP contribution in [0, 0.1) is 0 Å². The number of nitrogens with zero attached hydrogens (tertiary/aromatic N) is 3. The van der Waals surface area contributed by atoms with Crippen LogP contribution in [0.15, 0.2) is 58.2 Å². The fourth-order valence-electron chi connectivity index (χ4n) is 2.03. The molecule has 0 aliphatic heterocycles. The van der Waals surface area contributed by atoms with E-state index in [1.165, 1.54) is 11.8 Å². The number of hydrogen-bond donors (Lipinski definition) is 1. The molecule has 8 heteroatoms. The Labute approximate surface area is 154 Å². The molecule has 3 rings (SSSR count). The molecule has 0 bridgehead atoms. The molecule has 0 atom stereocenters. The standard InChI is InChI=1S/C17H15ClN4O2S/c18-13-7-4-8-19-17(13)25-11-16-21-14(22-24-16)9-15(23)20-10-12-5-2-1-3-6-12/h1-8H,9-11H2,(H,20,23). The van der Waals surface area contributed by atoms with Crippen molar-refractivity contribution in [2.24, 2.45) is 0 Å². The molecule has 0 saturated heterocycles. The second kappa shape index (κ2) is 8.64. The molecular formula is C17H15ClN4O2S. The summed E-state index contributed by atoms with van der Waals surface area (Å²) < 4.78 is 5.16. The third kappa shape index (κ3) is 5.30. The minimum Gasteiger partial charge on any atom is -0.352 e. The highest BCUT2D eigenvalue weighted by atomic mass is 35.5. The minimum atomic E-state index is -0.156. The third-order valence-electron chi connectivity index (χ3n) is 3.22. The third-order valence-corrected chi connectivity index (χ3v) is 4.63. The summed E-state index contributed by atoms with van der Waals surface area (Å²) in [5.41, 5.74) is 1.04. The number of aromatic nitrogens is 3. The molecule has 0 spiro atoms. The molecule has 0 saturated carbocycles. The average Bonchev–Trinajstić information content (AvgIpc) is 3.07. The van der Waals surface area contributed by atoms with Gasteiger partial charge in [-0.05, 0) is 17.7 Å². The van der Waals surface area contributed by atoms with Crippen LogP contribution in [0.5, 0.6) is 0 Å². The first-order valence-electron chi connectivity index (χ1n) is 7.56. The van der Waals surface area contributed by atoms with Gasteiger partial charge in [-0.15, -0.1) is 0 Å². The number of halogens is 1. The van der Waals surface area contributed by atoms with Crippen LogP contribution in [0.1, 0.15) is 17.3 Å². The zero-order chi connectivity index (χ0) is 17.5. The predicted octanol–water partition coefficient (Wildman–Crippen LogP) is 3.27. The Bertz CT molecular complexity index is 841. The Balaban J connectivity index is 1.48. The van der Waals surface area contributed by atoms with Crippen molar-refractivity contribution in [3.8, 4) is 0 Å². The highest BCUT2D eigenvalue weighted by Crippen LogP contribution is 2.26. The number of nitrogens with one attached hydrogen (secondary N) is 1. The van der Waals surface area contributed by atoms with Gasteiger partial charge in [0, 0.05) is 12.7 Å². The maximum absolute atomic E-state index is 12.0. The lowest BCUT2D eigenvalue weighted by atomic mass is 10.2. The van der Waals surface area contributed by atoms with Crippen LogP contribution < -0.4 is 5.32 Å². The molecule has 1 N–H and O–H groups in total. The molecule has 3 aromatic rings. The summed E-state index contributed by atoms with van der Waals surface area (Å²) in [4.78, 5) is 20.4. The first kappa shape index (κ1) is 17.4. The molecule has 25 heavy (non-hydrogen) atoms. The summed E-state index contributed by atoms with van der Waals surface area (Å²) in [6, 6.07) is 13.2. The Morgan fingerprint density at radius 1 is 1.20 bits per heavy atom. The van der Waals surface area contributed by atoms with E-state index in [1.54, 1.807) is 18.3 Å². The van der Waals surface area contributed by atoms with Gasteiger partial charge in [0.05, 0.1) is 17.2 Å². The summed E-state index contributed by atoms with van der Waals surface area (Å²) >= 11 is 7.45. The van der Waals surface area contributed by atoms with Gasteiger partial charge >= 0.3 is 0 Å². The molecule has 0 aliphatic carbocycles. The van der Waals surface area contributed by atoms with Crippen molar-refractivity contribution >= 4 is 29.3 Å². The van der Waals surface area contributed by atoms with Crippen molar-refractivity contribution < 1.29 is 9.32 Å². The van der Waals surface area contributed by atoms with Crippen molar-refractivity contribution in [3.05, 3.63) is 71.0 Å². The Kier molecular flexibility index (Phi) is 6.03. The first-order chi connectivity index (χ1) is 12.2. The van der Waals surface area contributed by atoms with Crippen LogP contribution in [-0.4, -0.2) is 21.0 Å². The van der Waals surface area contributed by atoms with Gasteiger partial charge in [0.2, 0.25) is 11.8 Å². The van der Waals surface area contributed by atoms with Crippen molar-refractivity contribution in [2.45, 2.75) is 23.7 Å². The molecule has 2 heterocycles. The van der Waals surface area contributed by atoms with Crippen LogP contribution in [0.3, 0.4) is 0 Å². The lowest BCUT2D eigenvalue weighted by Gasteiger charge is -2.03. The van der Waals surface area contributed by atoms with E-state index in [1.807, 2.05) is 30.3 Å². The second-order valence-corrected chi connectivity index (χ2v) is 6.49. The Hall–Kier alpha value is -2.38. The van der Waals surface area contributed by atoms with Crippen molar-refractivity contribution in [1.82, 2.24) is 20.4 Å². The van der Waals surface area contributed by atoms with E-state index in [9.17, 15) is 4.79 Å². The fourth-order valence-corrected chi connectivity index (χ4v) is 3.03. The molecule has 1 aromatic carbocycles. The zero-order valence-corrected chi connectivity index (χ0v) is 14.8. The molecule has 1 amide bonds. The van der Waals surface area contributed by atoms with Crippen LogP contribution >= 0.6 is 23.4 Å². The van der Waals surface area contributed by atoms with Crippen molar-refractivity contribution in [3.63, 3.8) is 0 Å². The summed E-state index contributed by atoms with van der Waals surface area (Å²) in [7, 11) is 0. The smallest absolute Gasteiger partial charge is 0.237 e. The minimum absolute atomic E-state index is 0.0747. The number of pyridine rings is 1. The number of carbonyl (C=O) groups is 1. The number of carbonyl (C=O) groups excluding carboxylic acids is 1. The highest BCUT2D eigenvalue weighted by molar-refractivity contribution is 7.98. The molecule has 0 radical (unpaired) electrons. The molecule has 128 valence electrons. The predicted molar refractivity (Wildman–Crippen MR) is 95.1 cm³/mol. The van der Waals surface area contributed by atoms with E-state index < -0.39 is 0 Å². The average molecular weight is 375 g/mol. The summed E-state index contributed by atoms with van der Waals surface area (Å²) in [6.45, 7) is 0.471. The van der Waals surface area contributed by atoms with Crippen molar-refractivity contribution in [2.75, 3.05) is 0 Å². The SMILES string of the molecule is O=C(Cc1noc(CSc2ncccc2Cl)n1)NCc1ccccc1. The fraction of sp³-hybridized carbons (Fsp3) is 0.176. The highest BCUT2D eigenvalue weighted by Gasteiger charge is 2.12. The number of rotatable bonds is 7. The Morgan fingerprint density at radius 2 is 2.04 bits per heavy atom. The summed E-state index contributed by atoms with van der Waals surface area (Å²) in [5.74, 6) is 1.07. The van der Waals surface area contributed by atoms with Gasteiger partial charge in [0.25, 0.3) is 0 Å². The van der Waals surface area contributed by atoms with E-state index in [0.29, 0.717) is 34.1 Å². The van der Waals surface area contributed by atoms with Gasteiger partial charge in [0.15, 0.2) is 5.82 Å². The Morgan fingerprint density at radius 3 is 2.84 bits per heavy atom. The summed E-state index contributed by atoms with van der Waals surface area (Å²) in [5, 5.41) is 7.94. The lowest BCUT2D eigenvalue weighted by Crippen LogP contribution is -2.24. The van der Waals surface area contributed by atoms with E-state index >= 15 is 0 Å². The number of benzene rings is 1. The first-order valence-corrected chi connectivity index (χ1v) is 8.92. The van der Waals surface area contributed by atoms with Gasteiger partial charge in [0.1, 0.15) is 5.03 Å². The largest absolute Gasteiger partial charge is 0.352 e. The molecule has 0 unspecified atom stereocenters.